The van der Waals surface area contributed by atoms with E-state index in [1.54, 1.807) is 49.4 Å². The maximum absolute atomic E-state index is 12.5. The van der Waals surface area contributed by atoms with Crippen molar-refractivity contribution >= 4 is 31.9 Å². The van der Waals surface area contributed by atoms with Gasteiger partial charge in [-0.15, -0.1) is 0 Å². The molecule has 0 aliphatic heterocycles. The van der Waals surface area contributed by atoms with E-state index in [0.29, 0.717) is 10.0 Å². The van der Waals surface area contributed by atoms with Crippen molar-refractivity contribution in [1.29, 1.82) is 0 Å². The Bertz CT molecular complexity index is 778. The molecule has 5 nitrogen and oxygen atoms in total. The van der Waals surface area contributed by atoms with Crippen molar-refractivity contribution in [3.05, 3.63) is 64.6 Å². The summed E-state index contributed by atoms with van der Waals surface area (Å²) in [6.07, 6.45) is 0. The van der Waals surface area contributed by atoms with Gasteiger partial charge in [0.05, 0.1) is 11.5 Å². The maximum atomic E-state index is 12.5. The molecule has 0 fully saturated rings. The van der Waals surface area contributed by atoms with Crippen LogP contribution in [0.1, 0.15) is 18.5 Å². The summed E-state index contributed by atoms with van der Waals surface area (Å²) >= 11 is 3.24. The second kappa shape index (κ2) is 7.72. The molecule has 2 rings (SSSR count). The predicted molar refractivity (Wildman–Crippen MR) is 90.3 cm³/mol. The number of carbonyl (C=O) groups excluding carboxylic acids is 1. The van der Waals surface area contributed by atoms with Crippen LogP contribution < -0.4 is 4.72 Å². The van der Waals surface area contributed by atoms with E-state index in [2.05, 4.69) is 20.7 Å². The molecule has 0 saturated heterocycles. The van der Waals surface area contributed by atoms with Gasteiger partial charge >= 0.3 is 5.97 Å². The number of nitrogens with one attached hydrogen (secondary N) is 1. The number of rotatable bonds is 6. The summed E-state index contributed by atoms with van der Waals surface area (Å²) in [5.74, 6) is -0.641. The summed E-state index contributed by atoms with van der Waals surface area (Å²) < 4.78 is 33.1. The van der Waals surface area contributed by atoms with E-state index in [-0.39, 0.29) is 11.5 Å². The first-order chi connectivity index (χ1) is 10.9. The summed E-state index contributed by atoms with van der Waals surface area (Å²) in [5.41, 5.74) is 0.518. The second-order valence-electron chi connectivity index (χ2n) is 4.67. The van der Waals surface area contributed by atoms with Crippen molar-refractivity contribution in [2.24, 2.45) is 0 Å². The Labute approximate surface area is 143 Å². The van der Waals surface area contributed by atoms with Crippen LogP contribution in [0.25, 0.3) is 0 Å². The Kier molecular flexibility index (Phi) is 5.92. The largest absolute Gasteiger partial charge is 0.465 e. The van der Waals surface area contributed by atoms with Gasteiger partial charge in [-0.05, 0) is 30.7 Å². The molecule has 0 amide bonds. The van der Waals surface area contributed by atoms with Crippen LogP contribution in [0, 0.1) is 0 Å². The van der Waals surface area contributed by atoms with E-state index < -0.39 is 22.0 Å². The zero-order valence-corrected chi connectivity index (χ0v) is 14.8. The molecule has 0 radical (unpaired) electrons. The van der Waals surface area contributed by atoms with E-state index in [4.69, 9.17) is 4.74 Å². The topological polar surface area (TPSA) is 72.5 Å². The van der Waals surface area contributed by atoms with Crippen LogP contribution in [0.3, 0.4) is 0 Å². The average molecular weight is 398 g/mol. The molecule has 1 atom stereocenters. The monoisotopic (exact) mass is 397 g/mol. The van der Waals surface area contributed by atoms with Gasteiger partial charge in [0.1, 0.15) is 6.04 Å². The van der Waals surface area contributed by atoms with Crippen molar-refractivity contribution in [3.63, 3.8) is 0 Å². The molecule has 23 heavy (non-hydrogen) atoms. The molecule has 0 bridgehead atoms. The first kappa shape index (κ1) is 17.7. The highest BCUT2D eigenvalue weighted by molar-refractivity contribution is 9.10. The molecule has 0 saturated carbocycles. The minimum Gasteiger partial charge on any atom is -0.465 e. The number of halogens is 1. The maximum Gasteiger partial charge on any atom is 0.328 e. The van der Waals surface area contributed by atoms with Gasteiger partial charge in [-0.3, -0.25) is 0 Å². The van der Waals surface area contributed by atoms with Crippen LogP contribution in [-0.2, 0) is 19.6 Å². The molecule has 2 aromatic carbocycles. The molecular weight excluding hydrogens is 382 g/mol. The van der Waals surface area contributed by atoms with Crippen LogP contribution in [0.2, 0.25) is 0 Å². The Hall–Kier alpha value is -1.70. The smallest absolute Gasteiger partial charge is 0.328 e. The van der Waals surface area contributed by atoms with E-state index in [1.165, 1.54) is 12.1 Å². The number of carbonyl (C=O) groups is 1. The molecule has 1 N–H and O–H groups in total. The lowest BCUT2D eigenvalue weighted by Gasteiger charge is -2.18. The molecule has 122 valence electrons. The Morgan fingerprint density at radius 1 is 1.17 bits per heavy atom. The summed E-state index contributed by atoms with van der Waals surface area (Å²) in [5, 5.41) is 0. The fourth-order valence-corrected chi connectivity index (χ4v) is 3.75. The van der Waals surface area contributed by atoms with E-state index in [9.17, 15) is 13.2 Å². The third kappa shape index (κ3) is 4.63. The highest BCUT2D eigenvalue weighted by Gasteiger charge is 2.28. The summed E-state index contributed by atoms with van der Waals surface area (Å²) in [7, 11) is -3.87. The molecular formula is C16H16BrNO4S. The van der Waals surface area contributed by atoms with Gasteiger partial charge < -0.3 is 4.74 Å². The van der Waals surface area contributed by atoms with Crippen molar-refractivity contribution in [2.45, 2.75) is 17.9 Å². The normalized spacial score (nSPS) is 12.6. The molecule has 0 aromatic heterocycles. The van der Waals surface area contributed by atoms with Gasteiger partial charge in [0.25, 0.3) is 0 Å². The van der Waals surface area contributed by atoms with Gasteiger partial charge in [-0.25, -0.2) is 13.2 Å². The van der Waals surface area contributed by atoms with Crippen molar-refractivity contribution in [1.82, 2.24) is 4.72 Å². The molecule has 0 aliphatic rings. The second-order valence-corrected chi connectivity index (χ2v) is 7.30. The first-order valence-electron chi connectivity index (χ1n) is 6.93. The standard InChI is InChI=1S/C16H16BrNO4S/c1-2-22-16(19)15(12-7-4-3-5-8-12)18-23(20,21)14-10-6-9-13(17)11-14/h3-11,15,18H,2H2,1H3. The van der Waals surface area contributed by atoms with Crippen molar-refractivity contribution < 1.29 is 17.9 Å². The molecule has 0 spiro atoms. The quantitative estimate of drug-likeness (QED) is 0.760. The van der Waals surface area contributed by atoms with E-state index >= 15 is 0 Å². The van der Waals surface area contributed by atoms with Crippen LogP contribution in [-0.4, -0.2) is 21.0 Å². The van der Waals surface area contributed by atoms with E-state index in [0.717, 1.165) is 0 Å². The molecule has 7 heteroatoms. The zero-order chi connectivity index (χ0) is 16.9. The highest BCUT2D eigenvalue weighted by atomic mass is 79.9. The zero-order valence-electron chi connectivity index (χ0n) is 12.4. The minimum atomic E-state index is -3.87. The fraction of sp³-hybridized carbons (Fsp3) is 0.188. The Balaban J connectivity index is 2.35. The van der Waals surface area contributed by atoms with Gasteiger partial charge in [-0.1, -0.05) is 52.3 Å². The summed E-state index contributed by atoms with van der Waals surface area (Å²) in [6.45, 7) is 1.84. The van der Waals surface area contributed by atoms with Crippen LogP contribution in [0.15, 0.2) is 64.0 Å². The third-order valence-electron chi connectivity index (χ3n) is 3.03. The van der Waals surface area contributed by atoms with Crippen LogP contribution in [0.4, 0.5) is 0 Å². The molecule has 1 unspecified atom stereocenters. The fourth-order valence-electron chi connectivity index (χ4n) is 1.98. The minimum absolute atomic E-state index is 0.0668. The van der Waals surface area contributed by atoms with E-state index in [1.807, 2.05) is 0 Å². The lowest BCUT2D eigenvalue weighted by Crippen LogP contribution is -2.35. The van der Waals surface area contributed by atoms with Gasteiger partial charge in [-0.2, -0.15) is 4.72 Å². The Morgan fingerprint density at radius 3 is 2.48 bits per heavy atom. The van der Waals surface area contributed by atoms with Gasteiger partial charge in [0, 0.05) is 4.47 Å². The van der Waals surface area contributed by atoms with Crippen LogP contribution in [0.5, 0.6) is 0 Å². The predicted octanol–water partition coefficient (Wildman–Crippen LogP) is 3.03. The third-order valence-corrected chi connectivity index (χ3v) is 4.95. The average Bonchev–Trinajstić information content (AvgIpc) is 2.54. The number of esters is 1. The molecule has 0 aliphatic carbocycles. The summed E-state index contributed by atoms with van der Waals surface area (Å²) in [4.78, 5) is 12.2. The van der Waals surface area contributed by atoms with Gasteiger partial charge in [0.15, 0.2) is 0 Å². The molecule has 2 aromatic rings. The Morgan fingerprint density at radius 2 is 1.87 bits per heavy atom. The van der Waals surface area contributed by atoms with Crippen LogP contribution >= 0.6 is 15.9 Å². The SMILES string of the molecule is CCOC(=O)C(NS(=O)(=O)c1cccc(Br)c1)c1ccccc1. The number of sulfonamides is 1. The number of benzene rings is 2. The molecule has 0 heterocycles. The first-order valence-corrected chi connectivity index (χ1v) is 9.21. The van der Waals surface area contributed by atoms with Crippen molar-refractivity contribution in [2.75, 3.05) is 6.61 Å². The lowest BCUT2D eigenvalue weighted by atomic mass is 10.1. The van der Waals surface area contributed by atoms with Crippen molar-refractivity contribution in [3.8, 4) is 0 Å². The number of ether oxygens (including phenoxy) is 1. The highest BCUT2D eigenvalue weighted by Crippen LogP contribution is 2.21. The number of hydrogen-bond acceptors (Lipinski definition) is 4. The lowest BCUT2D eigenvalue weighted by molar-refractivity contribution is -0.145. The van der Waals surface area contributed by atoms with Gasteiger partial charge in [0.2, 0.25) is 10.0 Å². The summed E-state index contributed by atoms with van der Waals surface area (Å²) in [6, 6.07) is 13.8. The number of hydrogen-bond donors (Lipinski definition) is 1.